The van der Waals surface area contributed by atoms with Crippen molar-refractivity contribution in [3.05, 3.63) is 57.8 Å². The lowest BCUT2D eigenvalue weighted by molar-refractivity contribution is -0.385. The van der Waals surface area contributed by atoms with Crippen LogP contribution in [0.3, 0.4) is 0 Å². The number of nitrogens with one attached hydrogen (secondary N) is 2. The highest BCUT2D eigenvalue weighted by molar-refractivity contribution is 5.88. The molecule has 7 heteroatoms. The van der Waals surface area contributed by atoms with Crippen molar-refractivity contribution in [2.24, 2.45) is 0 Å². The monoisotopic (exact) mass is 314 g/mol. The molecular formula is C16H18N4O3. The van der Waals surface area contributed by atoms with Gasteiger partial charge in [-0.1, -0.05) is 12.1 Å². The molecule has 1 amide bonds. The van der Waals surface area contributed by atoms with Crippen LogP contribution in [0.25, 0.3) is 0 Å². The summed E-state index contributed by atoms with van der Waals surface area (Å²) in [5.41, 5.74) is 2.48. The summed E-state index contributed by atoms with van der Waals surface area (Å²) in [7, 11) is 0. The quantitative estimate of drug-likeness (QED) is 0.631. The average Bonchev–Trinajstić information content (AvgIpc) is 2.48. The van der Waals surface area contributed by atoms with Crippen molar-refractivity contribution < 1.29 is 9.72 Å². The number of hydrogen-bond acceptors (Lipinski definition) is 5. The second-order valence-corrected chi connectivity index (χ2v) is 5.17. The van der Waals surface area contributed by atoms with E-state index in [1.54, 1.807) is 13.0 Å². The van der Waals surface area contributed by atoms with Gasteiger partial charge in [0.25, 0.3) is 5.69 Å². The summed E-state index contributed by atoms with van der Waals surface area (Å²) in [4.78, 5) is 25.3. The molecule has 23 heavy (non-hydrogen) atoms. The largest absolute Gasteiger partial charge is 0.370 e. The van der Waals surface area contributed by atoms with Gasteiger partial charge in [-0.05, 0) is 37.1 Å². The van der Waals surface area contributed by atoms with Crippen molar-refractivity contribution >= 4 is 23.1 Å². The molecule has 0 fully saturated rings. The minimum Gasteiger partial charge on any atom is -0.370 e. The van der Waals surface area contributed by atoms with E-state index in [2.05, 4.69) is 15.6 Å². The molecule has 0 spiro atoms. The Morgan fingerprint density at radius 1 is 1.30 bits per heavy atom. The first-order valence-electron chi connectivity index (χ1n) is 7.17. The van der Waals surface area contributed by atoms with Crippen LogP contribution in [0.5, 0.6) is 0 Å². The van der Waals surface area contributed by atoms with Crippen molar-refractivity contribution in [2.45, 2.75) is 20.3 Å². The van der Waals surface area contributed by atoms with Crippen LogP contribution in [0.1, 0.15) is 18.1 Å². The maximum Gasteiger partial charge on any atom is 0.290 e. The number of nitro groups is 1. The van der Waals surface area contributed by atoms with E-state index in [1.807, 2.05) is 24.3 Å². The minimum atomic E-state index is -0.442. The van der Waals surface area contributed by atoms with Crippen molar-refractivity contribution in [3.8, 4) is 0 Å². The molecule has 0 aliphatic rings. The van der Waals surface area contributed by atoms with E-state index >= 15 is 0 Å². The fraction of sp³-hybridized carbons (Fsp3) is 0.250. The maximum absolute atomic E-state index is 11.0. The topological polar surface area (TPSA) is 97.2 Å². The fourth-order valence-electron chi connectivity index (χ4n) is 2.13. The number of aromatic nitrogens is 1. The Morgan fingerprint density at radius 3 is 2.57 bits per heavy atom. The summed E-state index contributed by atoms with van der Waals surface area (Å²) in [5.74, 6) is 0.516. The van der Waals surface area contributed by atoms with Gasteiger partial charge < -0.3 is 10.6 Å². The lowest BCUT2D eigenvalue weighted by atomic mass is 10.1. The van der Waals surface area contributed by atoms with Crippen LogP contribution in [-0.2, 0) is 11.2 Å². The van der Waals surface area contributed by atoms with Gasteiger partial charge in [-0.15, -0.1) is 0 Å². The third-order valence-corrected chi connectivity index (χ3v) is 3.27. The molecule has 0 aliphatic heterocycles. The van der Waals surface area contributed by atoms with E-state index < -0.39 is 4.92 Å². The average molecular weight is 314 g/mol. The van der Waals surface area contributed by atoms with Crippen LogP contribution in [-0.4, -0.2) is 22.4 Å². The molecule has 1 aromatic carbocycles. The second kappa shape index (κ2) is 7.35. The minimum absolute atomic E-state index is 0.0177. The van der Waals surface area contributed by atoms with Gasteiger partial charge in [0, 0.05) is 24.7 Å². The van der Waals surface area contributed by atoms with E-state index in [1.165, 1.54) is 13.1 Å². The van der Waals surface area contributed by atoms with Crippen molar-refractivity contribution in [2.75, 3.05) is 17.2 Å². The SMILES string of the molecule is CC(=O)Nc1ccc(CCNc2cc(C)c([N+](=O)[O-])cn2)cc1. The molecule has 2 aromatic rings. The standard InChI is InChI=1S/C16H18N4O3/c1-11-9-16(18-10-15(11)20(22)23)17-8-7-13-3-5-14(6-4-13)19-12(2)21/h3-6,9-10H,7-8H2,1-2H3,(H,17,18)(H,19,21). The van der Waals surface area contributed by atoms with Crippen LogP contribution in [0.15, 0.2) is 36.5 Å². The predicted molar refractivity (Wildman–Crippen MR) is 88.6 cm³/mol. The normalized spacial score (nSPS) is 10.2. The summed E-state index contributed by atoms with van der Waals surface area (Å²) in [6.07, 6.45) is 2.04. The molecule has 2 N–H and O–H groups in total. The maximum atomic E-state index is 11.0. The van der Waals surface area contributed by atoms with Gasteiger partial charge in [-0.3, -0.25) is 14.9 Å². The molecule has 7 nitrogen and oxygen atoms in total. The third-order valence-electron chi connectivity index (χ3n) is 3.27. The van der Waals surface area contributed by atoms with E-state index in [9.17, 15) is 14.9 Å². The summed E-state index contributed by atoms with van der Waals surface area (Å²) >= 11 is 0. The Hall–Kier alpha value is -2.96. The first-order chi connectivity index (χ1) is 11.0. The number of amides is 1. The summed E-state index contributed by atoms with van der Waals surface area (Å²) in [6, 6.07) is 9.26. The zero-order valence-corrected chi connectivity index (χ0v) is 13.0. The van der Waals surface area contributed by atoms with Crippen LogP contribution in [0.2, 0.25) is 0 Å². The number of benzene rings is 1. The Labute approximate surface area is 133 Å². The number of carbonyl (C=O) groups is 1. The number of aryl methyl sites for hydroxylation is 1. The van der Waals surface area contributed by atoms with Crippen molar-refractivity contribution in [1.29, 1.82) is 0 Å². The second-order valence-electron chi connectivity index (χ2n) is 5.17. The van der Waals surface area contributed by atoms with Gasteiger partial charge in [0.05, 0.1) is 4.92 Å². The molecule has 0 saturated carbocycles. The van der Waals surface area contributed by atoms with Crippen molar-refractivity contribution in [1.82, 2.24) is 4.98 Å². The molecule has 0 atom stereocenters. The van der Waals surface area contributed by atoms with Crippen molar-refractivity contribution in [3.63, 3.8) is 0 Å². The van der Waals surface area contributed by atoms with Crippen LogP contribution in [0.4, 0.5) is 17.2 Å². The van der Waals surface area contributed by atoms with E-state index in [4.69, 9.17) is 0 Å². The highest BCUT2D eigenvalue weighted by Crippen LogP contribution is 2.18. The Kier molecular flexibility index (Phi) is 5.24. The van der Waals surface area contributed by atoms with Gasteiger partial charge >= 0.3 is 0 Å². The predicted octanol–water partition coefficient (Wildman–Crippen LogP) is 2.91. The smallest absolute Gasteiger partial charge is 0.290 e. The molecule has 0 bridgehead atoms. The Balaban J connectivity index is 1.88. The van der Waals surface area contributed by atoms with Gasteiger partial charge in [0.2, 0.25) is 5.91 Å². The highest BCUT2D eigenvalue weighted by atomic mass is 16.6. The molecule has 0 aliphatic carbocycles. The molecule has 0 saturated heterocycles. The Bertz CT molecular complexity index is 714. The van der Waals surface area contributed by atoms with Gasteiger partial charge in [-0.2, -0.15) is 0 Å². The molecule has 0 unspecified atom stereocenters. The number of carbonyl (C=O) groups excluding carboxylic acids is 1. The van der Waals surface area contributed by atoms with Gasteiger partial charge in [0.1, 0.15) is 12.0 Å². The first-order valence-corrected chi connectivity index (χ1v) is 7.17. The molecule has 2 rings (SSSR count). The number of hydrogen-bond donors (Lipinski definition) is 2. The van der Waals surface area contributed by atoms with Crippen LogP contribution < -0.4 is 10.6 Å². The molecule has 120 valence electrons. The zero-order valence-electron chi connectivity index (χ0n) is 13.0. The number of pyridine rings is 1. The van der Waals surface area contributed by atoms with Crippen LogP contribution in [0, 0.1) is 17.0 Å². The number of rotatable bonds is 6. The summed E-state index contributed by atoms with van der Waals surface area (Å²) < 4.78 is 0. The zero-order chi connectivity index (χ0) is 16.8. The summed E-state index contributed by atoms with van der Waals surface area (Å²) in [6.45, 7) is 3.81. The highest BCUT2D eigenvalue weighted by Gasteiger charge is 2.11. The molecular weight excluding hydrogens is 296 g/mol. The fourth-order valence-corrected chi connectivity index (χ4v) is 2.13. The lowest BCUT2D eigenvalue weighted by Crippen LogP contribution is -2.08. The van der Waals surface area contributed by atoms with E-state index in [0.29, 0.717) is 17.9 Å². The molecule has 1 heterocycles. The van der Waals surface area contributed by atoms with Crippen LogP contribution >= 0.6 is 0 Å². The Morgan fingerprint density at radius 2 is 2.00 bits per heavy atom. The van der Waals surface area contributed by atoms with Gasteiger partial charge in [-0.25, -0.2) is 4.98 Å². The first kappa shape index (κ1) is 16.4. The number of anilines is 2. The van der Waals surface area contributed by atoms with Gasteiger partial charge in [0.15, 0.2) is 0 Å². The third kappa shape index (κ3) is 4.77. The number of nitrogens with zero attached hydrogens (tertiary/aromatic N) is 2. The van der Waals surface area contributed by atoms with E-state index in [-0.39, 0.29) is 11.6 Å². The molecule has 0 radical (unpaired) electrons. The summed E-state index contributed by atoms with van der Waals surface area (Å²) in [5, 5.41) is 16.6. The van der Waals surface area contributed by atoms with E-state index in [0.717, 1.165) is 17.7 Å². The molecule has 1 aromatic heterocycles. The lowest BCUT2D eigenvalue weighted by Gasteiger charge is -2.07.